The van der Waals surface area contributed by atoms with E-state index in [9.17, 15) is 9.70 Å². The molecule has 0 radical (unpaired) electrons. The molecule has 1 saturated carbocycles. The van der Waals surface area contributed by atoms with Crippen molar-refractivity contribution in [1.82, 2.24) is 29.4 Å². The molecule has 2 aliphatic heterocycles. The Balaban J connectivity index is 0.000000232. The van der Waals surface area contributed by atoms with Crippen LogP contribution in [0.15, 0.2) is 66.7 Å². The smallest absolute Gasteiger partial charge is 0.246 e. The standard InChI is InChI=1S/C24H23FN6.C7H11N3O2/c25-19-12-16(15-5-6-15)13-20-22(19)29-24(18-4-3-9-27-23(18)26)31(20)17-7-8-21(28-14-17)30-10-1-2-11-30;1-2-7(11)9-3-5-10(8-12)6-4-9/h3-4,7-9,12-15H,1-2,5-6,10-11H2,(H2,26,27);2H,1,3-6H2. The summed E-state index contributed by atoms with van der Waals surface area (Å²) in [6.45, 7) is 7.59. The number of carbonyl (C=O) groups is 1. The quantitative estimate of drug-likeness (QED) is 0.256. The lowest BCUT2D eigenvalue weighted by Crippen LogP contribution is -2.46. The molecule has 0 bridgehead atoms. The number of nitroso groups, excluding NO2 is 1. The van der Waals surface area contributed by atoms with Crippen LogP contribution in [0.5, 0.6) is 0 Å². The summed E-state index contributed by atoms with van der Waals surface area (Å²) in [5.41, 5.74) is 9.78. The fraction of sp³-hybridized carbons (Fsp3) is 0.355. The van der Waals surface area contributed by atoms with Gasteiger partial charge in [0.05, 0.1) is 41.3 Å². The molecule has 2 N–H and O–H groups in total. The van der Waals surface area contributed by atoms with Crippen molar-refractivity contribution in [3.8, 4) is 17.1 Å². The van der Waals surface area contributed by atoms with Crippen LogP contribution in [-0.2, 0) is 4.79 Å². The highest BCUT2D eigenvalue weighted by atomic mass is 19.1. The Morgan fingerprint density at radius 1 is 1.05 bits per heavy atom. The molecule has 3 aromatic heterocycles. The Morgan fingerprint density at radius 3 is 2.44 bits per heavy atom. The van der Waals surface area contributed by atoms with Crippen molar-refractivity contribution >= 4 is 28.6 Å². The number of nitrogens with zero attached hydrogens (tertiary/aromatic N) is 8. The number of halogens is 1. The van der Waals surface area contributed by atoms with E-state index in [1.54, 1.807) is 17.2 Å². The number of carbonyl (C=O) groups excluding carboxylic acids is 1. The van der Waals surface area contributed by atoms with Crippen LogP contribution in [0.1, 0.15) is 37.2 Å². The minimum Gasteiger partial charge on any atom is -0.383 e. The van der Waals surface area contributed by atoms with E-state index >= 15 is 4.39 Å². The third-order valence-corrected chi connectivity index (χ3v) is 8.14. The number of fused-ring (bicyclic) bond motifs is 1. The largest absolute Gasteiger partial charge is 0.383 e. The van der Waals surface area contributed by atoms with Crippen LogP contribution < -0.4 is 10.6 Å². The lowest BCUT2D eigenvalue weighted by atomic mass is 10.1. The summed E-state index contributed by atoms with van der Waals surface area (Å²) in [6, 6.07) is 11.4. The Kier molecular flexibility index (Phi) is 7.99. The van der Waals surface area contributed by atoms with Crippen molar-refractivity contribution in [2.45, 2.75) is 31.6 Å². The van der Waals surface area contributed by atoms with E-state index in [-0.39, 0.29) is 11.7 Å². The normalized spacial score (nSPS) is 16.6. The predicted molar refractivity (Wildman–Crippen MR) is 164 cm³/mol. The molecule has 4 aromatic rings. The zero-order chi connectivity index (χ0) is 29.9. The van der Waals surface area contributed by atoms with Crippen LogP contribution >= 0.6 is 0 Å². The van der Waals surface area contributed by atoms with Crippen molar-refractivity contribution in [1.29, 1.82) is 0 Å². The van der Waals surface area contributed by atoms with Gasteiger partial charge < -0.3 is 15.5 Å². The summed E-state index contributed by atoms with van der Waals surface area (Å²) in [7, 11) is 0. The summed E-state index contributed by atoms with van der Waals surface area (Å²) < 4.78 is 17.0. The van der Waals surface area contributed by atoms with E-state index in [1.165, 1.54) is 23.9 Å². The Morgan fingerprint density at radius 2 is 1.81 bits per heavy atom. The van der Waals surface area contributed by atoms with Gasteiger partial charge in [0, 0.05) is 32.4 Å². The summed E-state index contributed by atoms with van der Waals surface area (Å²) in [5, 5.41) is 4.20. The number of piperazine rings is 1. The first-order valence-electron chi connectivity index (χ1n) is 14.6. The molecule has 12 heteroatoms. The maximum Gasteiger partial charge on any atom is 0.246 e. The van der Waals surface area contributed by atoms with Gasteiger partial charge in [-0.15, -0.1) is 4.91 Å². The van der Waals surface area contributed by atoms with Crippen molar-refractivity contribution in [2.24, 2.45) is 5.29 Å². The SMILES string of the molecule is C=CC(=O)N1CCN(N=O)CC1.Nc1ncccc1-c1nc2c(F)cc(C3CC3)cc2n1-c1ccc(N2CCCC2)nc1. The molecular weight excluding hydrogens is 549 g/mol. The number of hydrogen-bond acceptors (Lipinski definition) is 8. The number of nitrogen functional groups attached to an aromatic ring is 1. The van der Waals surface area contributed by atoms with Crippen LogP contribution in [0.2, 0.25) is 0 Å². The zero-order valence-electron chi connectivity index (χ0n) is 23.9. The molecule has 7 rings (SSSR count). The first kappa shape index (κ1) is 28.3. The van der Waals surface area contributed by atoms with Gasteiger partial charge in [0.1, 0.15) is 23.0 Å². The second-order valence-electron chi connectivity index (χ2n) is 11.0. The van der Waals surface area contributed by atoms with E-state index in [4.69, 9.17) is 10.7 Å². The first-order chi connectivity index (χ1) is 21.0. The van der Waals surface area contributed by atoms with E-state index in [0.717, 1.165) is 48.5 Å². The van der Waals surface area contributed by atoms with Gasteiger partial charge in [-0.3, -0.25) is 14.4 Å². The molecule has 11 nitrogen and oxygen atoms in total. The lowest BCUT2D eigenvalue weighted by molar-refractivity contribution is -0.127. The average Bonchev–Trinajstić information content (AvgIpc) is 3.61. The van der Waals surface area contributed by atoms with Gasteiger partial charge >= 0.3 is 0 Å². The Hall–Kier alpha value is -4.87. The minimum atomic E-state index is -0.302. The van der Waals surface area contributed by atoms with E-state index in [1.807, 2.05) is 35.0 Å². The molecule has 1 aliphatic carbocycles. The van der Waals surface area contributed by atoms with E-state index in [0.29, 0.717) is 54.8 Å². The van der Waals surface area contributed by atoms with Gasteiger partial charge in [0.15, 0.2) is 5.82 Å². The number of imidazole rings is 1. The molecule has 5 heterocycles. The molecule has 3 aliphatic rings. The van der Waals surface area contributed by atoms with Gasteiger partial charge in [0.2, 0.25) is 5.91 Å². The fourth-order valence-corrected chi connectivity index (χ4v) is 5.63. The van der Waals surface area contributed by atoms with E-state index < -0.39 is 0 Å². The van der Waals surface area contributed by atoms with Crippen LogP contribution in [0.25, 0.3) is 28.1 Å². The van der Waals surface area contributed by atoms with Crippen LogP contribution in [0.4, 0.5) is 16.0 Å². The molecule has 1 aromatic carbocycles. The number of hydrogen-bond donors (Lipinski definition) is 1. The molecule has 0 atom stereocenters. The molecule has 0 spiro atoms. The second-order valence-corrected chi connectivity index (χ2v) is 11.0. The molecule has 43 heavy (non-hydrogen) atoms. The topological polar surface area (TPSA) is 126 Å². The monoisotopic (exact) mass is 583 g/mol. The van der Waals surface area contributed by atoms with Gasteiger partial charge in [-0.05, 0) is 79.6 Å². The minimum absolute atomic E-state index is 0.0828. The number of nitrogens with two attached hydrogens (primary N) is 1. The van der Waals surface area contributed by atoms with Crippen LogP contribution in [0, 0.1) is 10.7 Å². The van der Waals surface area contributed by atoms with Crippen LogP contribution in [-0.4, -0.2) is 74.6 Å². The van der Waals surface area contributed by atoms with Crippen molar-refractivity contribution in [3.05, 3.63) is 77.7 Å². The average molecular weight is 584 g/mol. The van der Waals surface area contributed by atoms with Gasteiger partial charge in [0.25, 0.3) is 0 Å². The molecule has 0 unspecified atom stereocenters. The molecule has 2 saturated heterocycles. The maximum atomic E-state index is 15.1. The van der Waals surface area contributed by atoms with Crippen LogP contribution in [0.3, 0.4) is 0 Å². The van der Waals surface area contributed by atoms with E-state index in [2.05, 4.69) is 32.8 Å². The lowest BCUT2D eigenvalue weighted by Gasteiger charge is -2.30. The van der Waals surface area contributed by atoms with Gasteiger partial charge in [-0.1, -0.05) is 6.58 Å². The first-order valence-corrected chi connectivity index (χ1v) is 14.6. The number of aromatic nitrogens is 4. The highest BCUT2D eigenvalue weighted by Gasteiger charge is 2.27. The van der Waals surface area contributed by atoms with Crippen molar-refractivity contribution in [2.75, 3.05) is 49.9 Å². The number of anilines is 2. The van der Waals surface area contributed by atoms with Crippen molar-refractivity contribution in [3.63, 3.8) is 0 Å². The summed E-state index contributed by atoms with van der Waals surface area (Å²) in [4.78, 5) is 38.6. The third-order valence-electron chi connectivity index (χ3n) is 8.14. The van der Waals surface area contributed by atoms with Gasteiger partial charge in [-0.25, -0.2) is 19.3 Å². The Labute approximate surface area is 248 Å². The number of rotatable bonds is 6. The zero-order valence-corrected chi connectivity index (χ0v) is 23.9. The highest BCUT2D eigenvalue weighted by Crippen LogP contribution is 2.42. The maximum absolute atomic E-state index is 15.1. The van der Waals surface area contributed by atoms with Crippen molar-refractivity contribution < 1.29 is 9.18 Å². The van der Waals surface area contributed by atoms with Gasteiger partial charge in [-0.2, -0.15) is 0 Å². The second kappa shape index (κ2) is 12.2. The molecule has 222 valence electrons. The Bertz CT molecular complexity index is 1640. The molecular formula is C31H34FN9O2. The molecule has 3 fully saturated rings. The highest BCUT2D eigenvalue weighted by molar-refractivity contribution is 5.87. The number of amides is 1. The summed E-state index contributed by atoms with van der Waals surface area (Å²) in [5.74, 6) is 1.96. The molecule has 1 amide bonds. The number of benzene rings is 1. The number of pyridine rings is 2. The summed E-state index contributed by atoms with van der Waals surface area (Å²) in [6.07, 6.45) is 9.37. The summed E-state index contributed by atoms with van der Waals surface area (Å²) >= 11 is 0. The predicted octanol–water partition coefficient (Wildman–Crippen LogP) is 4.68. The fourth-order valence-electron chi connectivity index (χ4n) is 5.63. The third kappa shape index (κ3) is 5.90.